The minimum atomic E-state index is -0.0879. The topological polar surface area (TPSA) is 45.5 Å². The summed E-state index contributed by atoms with van der Waals surface area (Å²) in [6.45, 7) is 4.06. The van der Waals surface area contributed by atoms with E-state index in [9.17, 15) is 9.90 Å². The molecule has 0 atom stereocenters. The summed E-state index contributed by atoms with van der Waals surface area (Å²) in [5.74, 6) is 0.0954. The fourth-order valence-electron chi connectivity index (χ4n) is 2.01. The minimum absolute atomic E-state index is 0.0879. The molecule has 0 saturated carbocycles. The third-order valence-electron chi connectivity index (χ3n) is 3.13. The van der Waals surface area contributed by atoms with Gasteiger partial charge in [0.15, 0.2) is 0 Å². The summed E-state index contributed by atoms with van der Waals surface area (Å²) in [5.41, 5.74) is 1.36. The van der Waals surface area contributed by atoms with Gasteiger partial charge in [0.1, 0.15) is 11.4 Å². The minimum Gasteiger partial charge on any atom is -0.508 e. The Labute approximate surface area is 126 Å². The van der Waals surface area contributed by atoms with Gasteiger partial charge in [-0.05, 0) is 60.1 Å². The lowest BCUT2D eigenvalue weighted by Gasteiger charge is -2.20. The quantitative estimate of drug-likeness (QED) is 0.926. The van der Waals surface area contributed by atoms with Gasteiger partial charge in [-0.2, -0.15) is 0 Å². The van der Waals surface area contributed by atoms with Crippen LogP contribution in [0.5, 0.6) is 5.75 Å². The van der Waals surface area contributed by atoms with E-state index < -0.39 is 0 Å². The van der Waals surface area contributed by atoms with E-state index in [0.717, 1.165) is 10.2 Å². The lowest BCUT2D eigenvalue weighted by molar-refractivity contribution is 0.0982. The van der Waals surface area contributed by atoms with Crippen molar-refractivity contribution < 1.29 is 9.90 Å². The number of hydrogen-bond acceptors (Lipinski definition) is 2. The Morgan fingerprint density at radius 2 is 1.90 bits per heavy atom. The van der Waals surface area contributed by atoms with Gasteiger partial charge >= 0.3 is 0 Å². The molecular weight excluding hydrogens is 320 g/mol. The van der Waals surface area contributed by atoms with Gasteiger partial charge in [0.05, 0.1) is 0 Å². The molecule has 0 bridgehead atoms. The van der Waals surface area contributed by atoms with Gasteiger partial charge in [0.2, 0.25) is 0 Å². The van der Waals surface area contributed by atoms with Crippen molar-refractivity contribution >= 4 is 27.5 Å². The average Bonchev–Trinajstić information content (AvgIpc) is 2.80. The highest BCUT2D eigenvalue weighted by molar-refractivity contribution is 9.10. The van der Waals surface area contributed by atoms with Gasteiger partial charge < -0.3 is 14.6 Å². The summed E-state index contributed by atoms with van der Waals surface area (Å²) in [7, 11) is 1.72. The summed E-state index contributed by atoms with van der Waals surface area (Å²) in [6, 6.07) is 8.58. The van der Waals surface area contributed by atoms with Crippen LogP contribution in [0, 0.1) is 0 Å². The number of aromatic nitrogens is 1. The van der Waals surface area contributed by atoms with Gasteiger partial charge in [-0.3, -0.25) is 4.79 Å². The Bertz CT molecular complexity index is 617. The van der Waals surface area contributed by atoms with Crippen molar-refractivity contribution in [3.8, 4) is 5.75 Å². The van der Waals surface area contributed by atoms with Crippen LogP contribution in [0.4, 0.5) is 5.69 Å². The lowest BCUT2D eigenvalue weighted by Crippen LogP contribution is -2.28. The molecule has 2 rings (SSSR count). The number of aromatic hydroxyl groups is 1. The van der Waals surface area contributed by atoms with Crippen molar-refractivity contribution in [3.05, 3.63) is 46.7 Å². The van der Waals surface area contributed by atoms with E-state index in [1.807, 2.05) is 30.7 Å². The third-order valence-corrected chi connectivity index (χ3v) is 3.57. The van der Waals surface area contributed by atoms with E-state index in [1.165, 1.54) is 0 Å². The fourth-order valence-corrected chi connectivity index (χ4v) is 2.45. The van der Waals surface area contributed by atoms with E-state index in [4.69, 9.17) is 0 Å². The standard InChI is InChI=1S/C15H17BrN2O2/c1-10(2)18-9-11(16)8-14(18)15(20)17(3)12-4-6-13(19)7-5-12/h4-10,19H,1-3H3. The van der Waals surface area contributed by atoms with Crippen molar-refractivity contribution in [1.82, 2.24) is 4.57 Å². The monoisotopic (exact) mass is 336 g/mol. The maximum Gasteiger partial charge on any atom is 0.274 e. The first-order valence-corrected chi connectivity index (χ1v) is 7.14. The predicted molar refractivity (Wildman–Crippen MR) is 83.4 cm³/mol. The van der Waals surface area contributed by atoms with E-state index >= 15 is 0 Å². The zero-order valence-electron chi connectivity index (χ0n) is 11.7. The van der Waals surface area contributed by atoms with Crippen molar-refractivity contribution in [1.29, 1.82) is 0 Å². The molecule has 1 aromatic carbocycles. The SMILES string of the molecule is CC(C)n1cc(Br)cc1C(=O)N(C)c1ccc(O)cc1. The zero-order chi connectivity index (χ0) is 14.9. The van der Waals surface area contributed by atoms with Crippen molar-refractivity contribution in [3.63, 3.8) is 0 Å². The first-order valence-electron chi connectivity index (χ1n) is 6.34. The Morgan fingerprint density at radius 3 is 2.45 bits per heavy atom. The number of hydrogen-bond donors (Lipinski definition) is 1. The summed E-state index contributed by atoms with van der Waals surface area (Å²) < 4.78 is 2.82. The first kappa shape index (κ1) is 14.7. The molecule has 0 aliphatic carbocycles. The maximum atomic E-state index is 12.6. The van der Waals surface area contributed by atoms with Crippen LogP contribution in [0.25, 0.3) is 0 Å². The van der Waals surface area contributed by atoms with Gasteiger partial charge in [0.25, 0.3) is 5.91 Å². The molecular formula is C15H17BrN2O2. The summed E-state index contributed by atoms with van der Waals surface area (Å²) >= 11 is 3.41. The van der Waals surface area contributed by atoms with Gasteiger partial charge in [-0.15, -0.1) is 0 Å². The van der Waals surface area contributed by atoms with E-state index in [-0.39, 0.29) is 17.7 Å². The van der Waals surface area contributed by atoms with Crippen LogP contribution in [-0.4, -0.2) is 22.6 Å². The predicted octanol–water partition coefficient (Wildman–Crippen LogP) is 3.81. The molecule has 1 aromatic heterocycles. The Morgan fingerprint density at radius 1 is 1.30 bits per heavy atom. The molecule has 0 unspecified atom stereocenters. The molecule has 2 aromatic rings. The van der Waals surface area contributed by atoms with E-state index in [2.05, 4.69) is 15.9 Å². The van der Waals surface area contributed by atoms with Crippen LogP contribution >= 0.6 is 15.9 Å². The third kappa shape index (κ3) is 2.88. The van der Waals surface area contributed by atoms with Crippen LogP contribution in [0.3, 0.4) is 0 Å². The number of anilines is 1. The molecule has 0 aliphatic rings. The fraction of sp³-hybridized carbons (Fsp3) is 0.267. The molecule has 0 spiro atoms. The molecule has 5 heteroatoms. The number of amides is 1. The molecule has 0 aliphatic heterocycles. The summed E-state index contributed by atoms with van der Waals surface area (Å²) in [5, 5.41) is 9.30. The average molecular weight is 337 g/mol. The largest absolute Gasteiger partial charge is 0.508 e. The molecule has 1 heterocycles. The van der Waals surface area contributed by atoms with Crippen LogP contribution < -0.4 is 4.90 Å². The number of phenols is 1. The van der Waals surface area contributed by atoms with Crippen molar-refractivity contribution in [2.75, 3.05) is 11.9 Å². The molecule has 1 amide bonds. The van der Waals surface area contributed by atoms with Crippen molar-refractivity contribution in [2.45, 2.75) is 19.9 Å². The Kier molecular flexibility index (Phi) is 4.18. The number of phenolic OH excluding ortho intramolecular Hbond substituents is 1. The molecule has 20 heavy (non-hydrogen) atoms. The highest BCUT2D eigenvalue weighted by Gasteiger charge is 2.19. The van der Waals surface area contributed by atoms with Gasteiger partial charge in [-0.25, -0.2) is 0 Å². The lowest BCUT2D eigenvalue weighted by atomic mass is 10.2. The number of carbonyl (C=O) groups excluding carboxylic acids is 1. The van der Waals surface area contributed by atoms with Crippen LogP contribution in [0.1, 0.15) is 30.4 Å². The van der Waals surface area contributed by atoms with Crippen LogP contribution in [0.2, 0.25) is 0 Å². The molecule has 4 nitrogen and oxygen atoms in total. The highest BCUT2D eigenvalue weighted by atomic mass is 79.9. The Hall–Kier alpha value is -1.75. The summed E-state index contributed by atoms with van der Waals surface area (Å²) in [6.07, 6.45) is 1.91. The number of carbonyl (C=O) groups is 1. The summed E-state index contributed by atoms with van der Waals surface area (Å²) in [4.78, 5) is 14.2. The normalized spacial score (nSPS) is 10.8. The van der Waals surface area contributed by atoms with E-state index in [0.29, 0.717) is 5.69 Å². The van der Waals surface area contributed by atoms with Gasteiger partial charge in [-0.1, -0.05) is 0 Å². The van der Waals surface area contributed by atoms with Crippen LogP contribution in [-0.2, 0) is 0 Å². The molecule has 106 valence electrons. The number of benzene rings is 1. The maximum absolute atomic E-state index is 12.6. The van der Waals surface area contributed by atoms with Gasteiger partial charge in [0, 0.05) is 29.4 Å². The molecule has 1 N–H and O–H groups in total. The number of halogens is 1. The zero-order valence-corrected chi connectivity index (χ0v) is 13.3. The highest BCUT2D eigenvalue weighted by Crippen LogP contribution is 2.23. The second kappa shape index (κ2) is 5.71. The van der Waals surface area contributed by atoms with Crippen molar-refractivity contribution in [2.24, 2.45) is 0 Å². The number of rotatable bonds is 3. The first-order chi connectivity index (χ1) is 9.40. The second-order valence-corrected chi connectivity index (χ2v) is 5.84. The van der Waals surface area contributed by atoms with Crippen LogP contribution in [0.15, 0.2) is 41.0 Å². The number of nitrogens with zero attached hydrogens (tertiary/aromatic N) is 2. The second-order valence-electron chi connectivity index (χ2n) is 4.93. The van der Waals surface area contributed by atoms with E-state index in [1.54, 1.807) is 36.2 Å². The molecule has 0 radical (unpaired) electrons. The molecule has 0 fully saturated rings. The smallest absolute Gasteiger partial charge is 0.274 e. The molecule has 0 saturated heterocycles. The Balaban J connectivity index is 2.33.